The molecule has 122 valence electrons. The number of anilines is 1. The Morgan fingerprint density at radius 3 is 2.52 bits per heavy atom. The number of nitrogens with zero attached hydrogens (tertiary/aromatic N) is 3. The minimum atomic E-state index is -0.583. The highest BCUT2D eigenvalue weighted by Crippen LogP contribution is 2.19. The first-order chi connectivity index (χ1) is 11.0. The van der Waals surface area contributed by atoms with E-state index < -0.39 is 5.91 Å². The maximum atomic E-state index is 11.2. The third-order valence-corrected chi connectivity index (χ3v) is 3.76. The number of carbonyl (C=O) groups excluding carboxylic acids is 1. The van der Waals surface area contributed by atoms with E-state index in [0.717, 1.165) is 6.42 Å². The molecule has 0 aliphatic heterocycles. The monoisotopic (exact) mass is 313 g/mol. The highest BCUT2D eigenvalue weighted by Gasteiger charge is 2.14. The molecule has 1 aromatic carbocycles. The fraction of sp³-hybridized carbons (Fsp3) is 0.353. The molecule has 0 aliphatic rings. The van der Waals surface area contributed by atoms with Crippen LogP contribution < -0.4 is 11.1 Å². The van der Waals surface area contributed by atoms with Crippen molar-refractivity contribution in [2.75, 3.05) is 26.0 Å². The molecule has 0 fully saturated rings. The van der Waals surface area contributed by atoms with Crippen LogP contribution in [0.3, 0.4) is 0 Å². The summed E-state index contributed by atoms with van der Waals surface area (Å²) in [5.41, 5.74) is 7.92. The number of primary amides is 1. The molecule has 1 heterocycles. The number of hydrogen-bond acceptors (Lipinski definition) is 5. The zero-order valence-corrected chi connectivity index (χ0v) is 13.8. The first-order valence-electron chi connectivity index (χ1n) is 7.62. The van der Waals surface area contributed by atoms with Gasteiger partial charge in [0.15, 0.2) is 0 Å². The third-order valence-electron chi connectivity index (χ3n) is 3.76. The number of nitrogens with two attached hydrogens (primary N) is 1. The van der Waals surface area contributed by atoms with Gasteiger partial charge in [0.1, 0.15) is 11.5 Å². The van der Waals surface area contributed by atoms with Gasteiger partial charge in [0, 0.05) is 6.54 Å². The number of benzene rings is 1. The van der Waals surface area contributed by atoms with E-state index in [4.69, 9.17) is 5.73 Å². The molecule has 2 rings (SSSR count). The summed E-state index contributed by atoms with van der Waals surface area (Å²) in [5, 5.41) is 3.23. The zero-order chi connectivity index (χ0) is 16.8. The standard InChI is InChI=1S/C17H23N5O/c1-4-12-5-7-13(8-6-12)15(22(2)3)10-20-16-11-19-9-14(21-16)17(18)23/h5-9,11,15H,4,10H2,1-3H3,(H2,18,23)(H,20,21). The van der Waals surface area contributed by atoms with Gasteiger partial charge in [0.25, 0.3) is 5.91 Å². The molecule has 6 heteroatoms. The van der Waals surface area contributed by atoms with E-state index in [2.05, 4.69) is 51.4 Å². The van der Waals surface area contributed by atoms with Crippen molar-refractivity contribution in [2.45, 2.75) is 19.4 Å². The number of amides is 1. The van der Waals surface area contributed by atoms with E-state index in [1.165, 1.54) is 17.3 Å². The fourth-order valence-corrected chi connectivity index (χ4v) is 2.35. The van der Waals surface area contributed by atoms with Crippen molar-refractivity contribution in [3.63, 3.8) is 0 Å². The van der Waals surface area contributed by atoms with E-state index >= 15 is 0 Å². The molecule has 1 unspecified atom stereocenters. The SMILES string of the molecule is CCc1ccc(C(CNc2cncc(C(N)=O)n2)N(C)C)cc1. The van der Waals surface area contributed by atoms with Crippen LogP contribution in [-0.4, -0.2) is 41.4 Å². The molecule has 3 N–H and O–H groups in total. The van der Waals surface area contributed by atoms with E-state index in [1.807, 2.05) is 14.1 Å². The Kier molecular flexibility index (Phi) is 5.65. The van der Waals surface area contributed by atoms with Crippen molar-refractivity contribution in [1.29, 1.82) is 0 Å². The van der Waals surface area contributed by atoms with Crippen LogP contribution in [0.4, 0.5) is 5.82 Å². The maximum Gasteiger partial charge on any atom is 0.268 e. The van der Waals surface area contributed by atoms with Crippen LogP contribution in [0.5, 0.6) is 0 Å². The maximum absolute atomic E-state index is 11.2. The molecule has 0 saturated carbocycles. The van der Waals surface area contributed by atoms with Gasteiger partial charge in [-0.25, -0.2) is 4.98 Å². The first kappa shape index (κ1) is 16.9. The summed E-state index contributed by atoms with van der Waals surface area (Å²) >= 11 is 0. The Balaban J connectivity index is 2.10. The Morgan fingerprint density at radius 2 is 1.96 bits per heavy atom. The van der Waals surface area contributed by atoms with Crippen molar-refractivity contribution in [3.8, 4) is 0 Å². The lowest BCUT2D eigenvalue weighted by Crippen LogP contribution is -2.27. The molecule has 0 saturated heterocycles. The second-order valence-electron chi connectivity index (χ2n) is 5.61. The summed E-state index contributed by atoms with van der Waals surface area (Å²) in [7, 11) is 4.07. The van der Waals surface area contributed by atoms with E-state index in [1.54, 1.807) is 6.20 Å². The summed E-state index contributed by atoms with van der Waals surface area (Å²) in [6, 6.07) is 8.78. The smallest absolute Gasteiger partial charge is 0.268 e. The molecule has 1 atom stereocenters. The van der Waals surface area contributed by atoms with Crippen LogP contribution in [0.25, 0.3) is 0 Å². The van der Waals surface area contributed by atoms with Gasteiger partial charge in [-0.05, 0) is 31.6 Å². The fourth-order valence-electron chi connectivity index (χ4n) is 2.35. The van der Waals surface area contributed by atoms with Gasteiger partial charge in [-0.1, -0.05) is 31.2 Å². The van der Waals surface area contributed by atoms with Gasteiger partial charge in [0.2, 0.25) is 0 Å². The van der Waals surface area contributed by atoms with Crippen molar-refractivity contribution in [2.24, 2.45) is 5.73 Å². The van der Waals surface area contributed by atoms with Crippen LogP contribution in [0, 0.1) is 0 Å². The Morgan fingerprint density at radius 1 is 1.26 bits per heavy atom. The summed E-state index contributed by atoms with van der Waals surface area (Å²) in [4.78, 5) is 21.4. The number of hydrogen-bond donors (Lipinski definition) is 2. The number of likely N-dealkylation sites (N-methyl/N-ethyl adjacent to an activating group) is 1. The molecule has 0 spiro atoms. The lowest BCUT2D eigenvalue weighted by molar-refractivity contribution is 0.0995. The predicted molar refractivity (Wildman–Crippen MR) is 91.3 cm³/mol. The molecular formula is C17H23N5O. The first-order valence-corrected chi connectivity index (χ1v) is 7.62. The van der Waals surface area contributed by atoms with Crippen molar-refractivity contribution in [1.82, 2.24) is 14.9 Å². The minimum Gasteiger partial charge on any atom is -0.367 e. The van der Waals surface area contributed by atoms with Crippen molar-refractivity contribution < 1.29 is 4.79 Å². The summed E-state index contributed by atoms with van der Waals surface area (Å²) in [6.45, 7) is 2.79. The topological polar surface area (TPSA) is 84.1 Å². The average Bonchev–Trinajstić information content (AvgIpc) is 2.55. The highest BCUT2D eigenvalue weighted by atomic mass is 16.1. The second-order valence-corrected chi connectivity index (χ2v) is 5.61. The second kappa shape index (κ2) is 7.69. The summed E-state index contributed by atoms with van der Waals surface area (Å²) < 4.78 is 0. The predicted octanol–water partition coefficient (Wildman–Crippen LogP) is 1.85. The van der Waals surface area contributed by atoms with Gasteiger partial charge in [-0.3, -0.25) is 9.78 Å². The quantitative estimate of drug-likeness (QED) is 0.815. The van der Waals surface area contributed by atoms with Gasteiger partial charge in [-0.2, -0.15) is 0 Å². The number of carbonyl (C=O) groups is 1. The summed E-state index contributed by atoms with van der Waals surface area (Å²) in [5.74, 6) is -0.0428. The van der Waals surface area contributed by atoms with Crippen LogP contribution >= 0.6 is 0 Å². The Bertz CT molecular complexity index is 654. The van der Waals surface area contributed by atoms with Gasteiger partial charge < -0.3 is 16.0 Å². The zero-order valence-electron chi connectivity index (χ0n) is 13.8. The number of nitrogens with one attached hydrogen (secondary N) is 1. The normalized spacial score (nSPS) is 12.2. The lowest BCUT2D eigenvalue weighted by Gasteiger charge is -2.25. The van der Waals surface area contributed by atoms with Gasteiger partial charge in [-0.15, -0.1) is 0 Å². The van der Waals surface area contributed by atoms with Crippen molar-refractivity contribution >= 4 is 11.7 Å². The molecule has 6 nitrogen and oxygen atoms in total. The number of rotatable bonds is 7. The van der Waals surface area contributed by atoms with E-state index in [-0.39, 0.29) is 11.7 Å². The average molecular weight is 313 g/mol. The Hall–Kier alpha value is -2.47. The van der Waals surface area contributed by atoms with Gasteiger partial charge in [0.05, 0.1) is 18.4 Å². The van der Waals surface area contributed by atoms with Crippen LogP contribution in [0.1, 0.15) is 34.6 Å². The molecule has 0 bridgehead atoms. The molecule has 2 aromatic rings. The minimum absolute atomic E-state index is 0.156. The number of aromatic nitrogens is 2. The third kappa shape index (κ3) is 4.50. The Labute approximate surface area is 136 Å². The van der Waals surface area contributed by atoms with Crippen molar-refractivity contribution in [3.05, 3.63) is 53.5 Å². The van der Waals surface area contributed by atoms with Crippen LogP contribution in [0.15, 0.2) is 36.7 Å². The molecule has 1 aromatic heterocycles. The molecular weight excluding hydrogens is 290 g/mol. The molecule has 1 amide bonds. The van der Waals surface area contributed by atoms with Crippen LogP contribution in [-0.2, 0) is 6.42 Å². The van der Waals surface area contributed by atoms with Crippen LogP contribution in [0.2, 0.25) is 0 Å². The van der Waals surface area contributed by atoms with E-state index in [9.17, 15) is 4.79 Å². The lowest BCUT2D eigenvalue weighted by atomic mass is 10.0. The number of aryl methyl sites for hydroxylation is 1. The largest absolute Gasteiger partial charge is 0.367 e. The summed E-state index contributed by atoms with van der Waals surface area (Å²) in [6.07, 6.45) is 3.97. The molecule has 23 heavy (non-hydrogen) atoms. The molecule has 0 radical (unpaired) electrons. The van der Waals surface area contributed by atoms with Gasteiger partial charge >= 0.3 is 0 Å². The molecule has 0 aliphatic carbocycles. The van der Waals surface area contributed by atoms with E-state index in [0.29, 0.717) is 12.4 Å². The highest BCUT2D eigenvalue weighted by molar-refractivity contribution is 5.90.